The highest BCUT2D eigenvalue weighted by Gasteiger charge is 2.17. The molecule has 78 valence electrons. The first kappa shape index (κ1) is 10.2. The van der Waals surface area contributed by atoms with Crippen LogP contribution in [0, 0.1) is 0 Å². The molecule has 0 amide bonds. The fourth-order valence-corrected chi connectivity index (χ4v) is 2.44. The van der Waals surface area contributed by atoms with Crippen molar-refractivity contribution in [1.29, 1.82) is 0 Å². The van der Waals surface area contributed by atoms with Gasteiger partial charge in [-0.3, -0.25) is 0 Å². The minimum atomic E-state index is -0.333. The van der Waals surface area contributed by atoms with Gasteiger partial charge in [0, 0.05) is 31.6 Å². The van der Waals surface area contributed by atoms with E-state index in [2.05, 4.69) is 15.2 Å². The molecule has 2 N–H and O–H groups in total. The molecule has 1 saturated heterocycles. The van der Waals surface area contributed by atoms with Gasteiger partial charge in [0.25, 0.3) is 0 Å². The Kier molecular flexibility index (Phi) is 3.22. The lowest BCUT2D eigenvalue weighted by molar-refractivity contribution is 0.185. The predicted molar refractivity (Wildman–Crippen MR) is 58.2 cm³/mol. The lowest BCUT2D eigenvalue weighted by atomic mass is 10.3. The summed E-state index contributed by atoms with van der Waals surface area (Å²) >= 11 is 7.26. The molecule has 0 saturated carbocycles. The van der Waals surface area contributed by atoms with E-state index in [0.29, 0.717) is 18.2 Å². The van der Waals surface area contributed by atoms with Crippen molar-refractivity contribution in [2.75, 3.05) is 31.1 Å². The average molecular weight is 234 g/mol. The SMILES string of the molecule is OC1CNCCN(c2nc(Cl)cs2)C1. The third-order valence-electron chi connectivity index (χ3n) is 2.10. The Morgan fingerprint density at radius 1 is 1.71 bits per heavy atom. The van der Waals surface area contributed by atoms with Crippen LogP contribution in [-0.2, 0) is 0 Å². The molecule has 0 spiro atoms. The molecule has 2 rings (SSSR count). The van der Waals surface area contributed by atoms with Crippen molar-refractivity contribution < 1.29 is 5.11 Å². The Morgan fingerprint density at radius 3 is 3.29 bits per heavy atom. The van der Waals surface area contributed by atoms with Gasteiger partial charge in [-0.2, -0.15) is 0 Å². The standard InChI is InChI=1S/C8H12ClN3OS/c9-7-5-14-8(11-7)12-2-1-10-3-6(13)4-12/h5-6,10,13H,1-4H2. The molecule has 6 heteroatoms. The van der Waals surface area contributed by atoms with Crippen molar-refractivity contribution in [2.45, 2.75) is 6.10 Å². The average Bonchev–Trinajstić information content (AvgIpc) is 2.45. The van der Waals surface area contributed by atoms with E-state index >= 15 is 0 Å². The maximum absolute atomic E-state index is 9.57. The number of aliphatic hydroxyl groups excluding tert-OH is 1. The molecule has 2 heterocycles. The molecule has 1 aromatic heterocycles. The van der Waals surface area contributed by atoms with E-state index < -0.39 is 0 Å². The number of aromatic nitrogens is 1. The van der Waals surface area contributed by atoms with Gasteiger partial charge in [-0.05, 0) is 0 Å². The summed E-state index contributed by atoms with van der Waals surface area (Å²) in [5, 5.41) is 15.9. The number of hydrogen-bond acceptors (Lipinski definition) is 5. The van der Waals surface area contributed by atoms with Crippen molar-refractivity contribution in [3.05, 3.63) is 10.5 Å². The third kappa shape index (κ3) is 2.36. The minimum absolute atomic E-state index is 0.333. The van der Waals surface area contributed by atoms with Crippen LogP contribution in [0.2, 0.25) is 5.15 Å². The highest BCUT2D eigenvalue weighted by Crippen LogP contribution is 2.23. The van der Waals surface area contributed by atoms with Gasteiger partial charge in [-0.15, -0.1) is 11.3 Å². The van der Waals surface area contributed by atoms with Crippen molar-refractivity contribution in [1.82, 2.24) is 10.3 Å². The zero-order chi connectivity index (χ0) is 9.97. The van der Waals surface area contributed by atoms with Crippen molar-refractivity contribution >= 4 is 28.1 Å². The third-order valence-corrected chi connectivity index (χ3v) is 3.33. The molecule has 1 unspecified atom stereocenters. The van der Waals surface area contributed by atoms with Gasteiger partial charge < -0.3 is 15.3 Å². The summed E-state index contributed by atoms with van der Waals surface area (Å²) in [5.74, 6) is 0. The molecular weight excluding hydrogens is 222 g/mol. The van der Waals surface area contributed by atoms with E-state index in [4.69, 9.17) is 11.6 Å². The Bertz CT molecular complexity index is 307. The van der Waals surface area contributed by atoms with Crippen LogP contribution in [-0.4, -0.2) is 42.4 Å². The molecule has 0 aliphatic carbocycles. The Morgan fingerprint density at radius 2 is 2.57 bits per heavy atom. The maximum Gasteiger partial charge on any atom is 0.186 e. The number of β-amino-alcohol motifs (C(OH)–C–C–N with tert-alkyl or cyclic N) is 1. The Hall–Kier alpha value is -0.360. The van der Waals surface area contributed by atoms with E-state index in [0.717, 1.165) is 18.2 Å². The predicted octanol–water partition coefficient (Wildman–Crippen LogP) is 0.567. The van der Waals surface area contributed by atoms with Crippen molar-refractivity contribution in [3.8, 4) is 0 Å². The van der Waals surface area contributed by atoms with Crippen LogP contribution in [0.1, 0.15) is 0 Å². The summed E-state index contributed by atoms with van der Waals surface area (Å²) in [6.45, 7) is 3.00. The van der Waals surface area contributed by atoms with Gasteiger partial charge >= 0.3 is 0 Å². The van der Waals surface area contributed by atoms with Gasteiger partial charge in [0.15, 0.2) is 5.13 Å². The number of rotatable bonds is 1. The van der Waals surface area contributed by atoms with E-state index in [1.807, 2.05) is 5.38 Å². The quantitative estimate of drug-likeness (QED) is 0.745. The lowest BCUT2D eigenvalue weighted by Gasteiger charge is -2.20. The van der Waals surface area contributed by atoms with Gasteiger partial charge in [0.2, 0.25) is 0 Å². The van der Waals surface area contributed by atoms with Crippen LogP contribution in [0.5, 0.6) is 0 Å². The minimum Gasteiger partial charge on any atom is -0.390 e. The molecule has 0 aromatic carbocycles. The van der Waals surface area contributed by atoms with E-state index in [9.17, 15) is 5.11 Å². The largest absolute Gasteiger partial charge is 0.390 e. The highest BCUT2D eigenvalue weighted by molar-refractivity contribution is 7.14. The normalized spacial score (nSPS) is 23.6. The first-order chi connectivity index (χ1) is 6.75. The monoisotopic (exact) mass is 233 g/mol. The molecule has 0 radical (unpaired) electrons. The van der Waals surface area contributed by atoms with Crippen molar-refractivity contribution in [3.63, 3.8) is 0 Å². The molecule has 1 aliphatic heterocycles. The fraction of sp³-hybridized carbons (Fsp3) is 0.625. The zero-order valence-corrected chi connectivity index (χ0v) is 9.18. The number of halogens is 1. The van der Waals surface area contributed by atoms with Gasteiger partial charge in [0.1, 0.15) is 5.15 Å². The second kappa shape index (κ2) is 4.44. The maximum atomic E-state index is 9.57. The summed E-state index contributed by atoms with van der Waals surface area (Å²) < 4.78 is 0. The molecule has 0 bridgehead atoms. The summed E-state index contributed by atoms with van der Waals surface area (Å²) in [6, 6.07) is 0. The fourth-order valence-electron chi connectivity index (χ4n) is 1.46. The van der Waals surface area contributed by atoms with E-state index in [1.165, 1.54) is 11.3 Å². The number of hydrogen-bond donors (Lipinski definition) is 2. The molecule has 14 heavy (non-hydrogen) atoms. The molecular formula is C8H12ClN3OS. The summed E-state index contributed by atoms with van der Waals surface area (Å²) in [6.07, 6.45) is -0.333. The van der Waals surface area contributed by atoms with Crippen LogP contribution < -0.4 is 10.2 Å². The molecule has 1 fully saturated rings. The number of thiazole rings is 1. The van der Waals surface area contributed by atoms with Crippen LogP contribution in [0.15, 0.2) is 5.38 Å². The number of nitrogens with zero attached hydrogens (tertiary/aromatic N) is 2. The zero-order valence-electron chi connectivity index (χ0n) is 7.61. The van der Waals surface area contributed by atoms with Crippen LogP contribution >= 0.6 is 22.9 Å². The summed E-state index contributed by atoms with van der Waals surface area (Å²) in [5.41, 5.74) is 0. The first-order valence-corrected chi connectivity index (χ1v) is 5.76. The van der Waals surface area contributed by atoms with Crippen LogP contribution in [0.25, 0.3) is 0 Å². The summed E-state index contributed by atoms with van der Waals surface area (Å²) in [4.78, 5) is 6.24. The second-order valence-corrected chi connectivity index (χ2v) is 4.48. The summed E-state index contributed by atoms with van der Waals surface area (Å²) in [7, 11) is 0. The van der Waals surface area contributed by atoms with Crippen molar-refractivity contribution in [2.24, 2.45) is 0 Å². The number of aliphatic hydroxyl groups is 1. The number of anilines is 1. The van der Waals surface area contributed by atoms with Gasteiger partial charge in [-0.25, -0.2) is 4.98 Å². The molecule has 1 aliphatic rings. The van der Waals surface area contributed by atoms with E-state index in [-0.39, 0.29) is 6.10 Å². The smallest absolute Gasteiger partial charge is 0.186 e. The highest BCUT2D eigenvalue weighted by atomic mass is 35.5. The topological polar surface area (TPSA) is 48.4 Å². The Labute approximate surface area is 91.5 Å². The molecule has 1 atom stereocenters. The van der Waals surface area contributed by atoms with Crippen LogP contribution in [0.4, 0.5) is 5.13 Å². The second-order valence-electron chi connectivity index (χ2n) is 3.26. The number of nitrogens with one attached hydrogen (secondary N) is 1. The van der Waals surface area contributed by atoms with Gasteiger partial charge in [0.05, 0.1) is 6.10 Å². The van der Waals surface area contributed by atoms with E-state index in [1.54, 1.807) is 0 Å². The lowest BCUT2D eigenvalue weighted by Crippen LogP contribution is -2.32. The first-order valence-electron chi connectivity index (χ1n) is 4.50. The van der Waals surface area contributed by atoms with Gasteiger partial charge in [-0.1, -0.05) is 11.6 Å². The molecule has 1 aromatic rings. The Balaban J connectivity index is 2.08. The van der Waals surface area contributed by atoms with Crippen LogP contribution in [0.3, 0.4) is 0 Å². The molecule has 4 nitrogen and oxygen atoms in total.